The molecule has 94 valence electrons. The summed E-state index contributed by atoms with van der Waals surface area (Å²) in [5, 5.41) is 2.68. The number of carbonyl (C=O) groups excluding carboxylic acids is 1. The number of primary amides is 1. The first-order valence-corrected chi connectivity index (χ1v) is 5.85. The maximum Gasteiger partial charge on any atom is 0.312 e. The predicted molar refractivity (Wildman–Crippen MR) is 71.3 cm³/mol. The van der Waals surface area contributed by atoms with Crippen molar-refractivity contribution in [2.45, 2.75) is 40.0 Å². The summed E-state index contributed by atoms with van der Waals surface area (Å²) >= 11 is 0. The molecular weight excluding hydrogens is 212 g/mol. The van der Waals surface area contributed by atoms with Crippen LogP contribution in [0.2, 0.25) is 0 Å². The Morgan fingerprint density at radius 1 is 1.18 bits per heavy atom. The maximum atomic E-state index is 10.8. The second-order valence-corrected chi connectivity index (χ2v) is 5.35. The molecular formula is C14H22N2O. The molecule has 0 aliphatic heterocycles. The topological polar surface area (TPSA) is 55.1 Å². The van der Waals surface area contributed by atoms with Crippen molar-refractivity contribution in [3.05, 3.63) is 34.4 Å². The Morgan fingerprint density at radius 2 is 1.71 bits per heavy atom. The summed E-state index contributed by atoms with van der Waals surface area (Å²) in [6, 6.07) is 3.92. The molecule has 1 rings (SSSR count). The van der Waals surface area contributed by atoms with Gasteiger partial charge >= 0.3 is 6.03 Å². The predicted octanol–water partition coefficient (Wildman–Crippen LogP) is 2.56. The third kappa shape index (κ3) is 3.22. The molecule has 0 spiro atoms. The van der Waals surface area contributed by atoms with Crippen LogP contribution in [-0.4, -0.2) is 12.6 Å². The molecule has 0 bridgehead atoms. The highest BCUT2D eigenvalue weighted by Gasteiger charge is 2.23. The van der Waals surface area contributed by atoms with E-state index in [1.165, 1.54) is 22.3 Å². The van der Waals surface area contributed by atoms with Crippen LogP contribution in [-0.2, 0) is 5.41 Å². The molecule has 1 aromatic rings. The van der Waals surface area contributed by atoms with Gasteiger partial charge in [0.05, 0.1) is 0 Å². The Labute approximate surface area is 103 Å². The van der Waals surface area contributed by atoms with Crippen LogP contribution in [0.25, 0.3) is 0 Å². The van der Waals surface area contributed by atoms with Crippen LogP contribution < -0.4 is 11.1 Å². The summed E-state index contributed by atoms with van der Waals surface area (Å²) in [6.07, 6.45) is 0. The Balaban J connectivity index is 3.05. The molecule has 17 heavy (non-hydrogen) atoms. The number of benzene rings is 1. The van der Waals surface area contributed by atoms with Crippen molar-refractivity contribution in [3.8, 4) is 0 Å². The minimum absolute atomic E-state index is 0.114. The fourth-order valence-corrected chi connectivity index (χ4v) is 2.09. The smallest absolute Gasteiger partial charge is 0.312 e. The number of carbonyl (C=O) groups is 1. The van der Waals surface area contributed by atoms with Crippen molar-refractivity contribution in [1.82, 2.24) is 5.32 Å². The lowest BCUT2D eigenvalue weighted by molar-refractivity contribution is 0.246. The number of amides is 2. The highest BCUT2D eigenvalue weighted by Crippen LogP contribution is 2.28. The van der Waals surface area contributed by atoms with Crippen LogP contribution in [0.5, 0.6) is 0 Å². The Kier molecular flexibility index (Phi) is 3.81. The van der Waals surface area contributed by atoms with Crippen molar-refractivity contribution >= 4 is 6.03 Å². The number of aryl methyl sites for hydroxylation is 3. The Bertz CT molecular complexity index is 436. The minimum Gasteiger partial charge on any atom is -0.352 e. The summed E-state index contributed by atoms with van der Waals surface area (Å²) in [4.78, 5) is 10.8. The number of nitrogens with one attached hydrogen (secondary N) is 1. The van der Waals surface area contributed by atoms with Crippen molar-refractivity contribution in [2.24, 2.45) is 5.73 Å². The number of urea groups is 1. The van der Waals surface area contributed by atoms with Gasteiger partial charge in [-0.25, -0.2) is 4.79 Å². The number of nitrogens with two attached hydrogens (primary N) is 1. The monoisotopic (exact) mass is 234 g/mol. The first-order chi connectivity index (χ1) is 7.74. The van der Waals surface area contributed by atoms with Crippen molar-refractivity contribution in [2.75, 3.05) is 6.54 Å². The lowest BCUT2D eigenvalue weighted by Gasteiger charge is -2.28. The standard InChI is InChI=1S/C14H22N2O/c1-9-6-11(3)12(7-10(9)2)14(4,5)8-16-13(15)17/h6-7H,8H2,1-5H3,(H3,15,16,17). The summed E-state index contributed by atoms with van der Waals surface area (Å²) in [5.41, 5.74) is 10.1. The Morgan fingerprint density at radius 3 is 2.24 bits per heavy atom. The van der Waals surface area contributed by atoms with Crippen LogP contribution in [0.15, 0.2) is 12.1 Å². The normalized spacial score (nSPS) is 11.4. The SMILES string of the molecule is Cc1cc(C)c(C(C)(C)CNC(N)=O)cc1C. The van der Waals surface area contributed by atoms with Gasteiger partial charge in [-0.1, -0.05) is 26.0 Å². The van der Waals surface area contributed by atoms with E-state index in [1.807, 2.05) is 0 Å². The van der Waals surface area contributed by atoms with E-state index in [-0.39, 0.29) is 5.41 Å². The van der Waals surface area contributed by atoms with Gasteiger partial charge in [-0.3, -0.25) is 0 Å². The van der Waals surface area contributed by atoms with Gasteiger partial charge in [-0.2, -0.15) is 0 Å². The second-order valence-electron chi connectivity index (χ2n) is 5.35. The fraction of sp³-hybridized carbons (Fsp3) is 0.500. The van der Waals surface area contributed by atoms with E-state index in [0.717, 1.165) is 0 Å². The number of hydrogen-bond acceptors (Lipinski definition) is 1. The minimum atomic E-state index is -0.473. The van der Waals surface area contributed by atoms with Gasteiger partial charge in [0.1, 0.15) is 0 Å². The molecule has 2 amide bonds. The number of rotatable bonds is 3. The summed E-state index contributed by atoms with van der Waals surface area (Å²) in [5.74, 6) is 0. The molecule has 0 atom stereocenters. The zero-order chi connectivity index (χ0) is 13.2. The molecule has 0 radical (unpaired) electrons. The van der Waals surface area contributed by atoms with E-state index in [9.17, 15) is 4.79 Å². The van der Waals surface area contributed by atoms with Gasteiger partial charge in [0.25, 0.3) is 0 Å². The molecule has 0 fully saturated rings. The molecule has 0 aliphatic rings. The van der Waals surface area contributed by atoms with E-state index < -0.39 is 6.03 Å². The molecule has 0 saturated carbocycles. The largest absolute Gasteiger partial charge is 0.352 e. The molecule has 0 aliphatic carbocycles. The van der Waals surface area contributed by atoms with Gasteiger partial charge in [0.2, 0.25) is 0 Å². The third-order valence-electron chi connectivity index (χ3n) is 3.27. The average molecular weight is 234 g/mol. The van der Waals surface area contributed by atoms with Gasteiger partial charge in [-0.15, -0.1) is 0 Å². The molecule has 0 unspecified atom stereocenters. The lowest BCUT2D eigenvalue weighted by Crippen LogP contribution is -2.39. The van der Waals surface area contributed by atoms with Crippen molar-refractivity contribution < 1.29 is 4.79 Å². The first-order valence-electron chi connectivity index (χ1n) is 5.85. The molecule has 0 saturated heterocycles. The van der Waals surface area contributed by atoms with E-state index in [1.54, 1.807) is 0 Å². The summed E-state index contributed by atoms with van der Waals surface area (Å²) < 4.78 is 0. The zero-order valence-electron chi connectivity index (χ0n) is 11.3. The molecule has 3 nitrogen and oxygen atoms in total. The van der Waals surface area contributed by atoms with Crippen LogP contribution in [0.4, 0.5) is 4.79 Å². The van der Waals surface area contributed by atoms with Gasteiger partial charge in [-0.05, 0) is 43.0 Å². The van der Waals surface area contributed by atoms with Crippen LogP contribution in [0, 0.1) is 20.8 Å². The summed E-state index contributed by atoms with van der Waals surface area (Å²) in [6.45, 7) is 11.1. The molecule has 3 N–H and O–H groups in total. The molecule has 1 aromatic carbocycles. The van der Waals surface area contributed by atoms with E-state index in [2.05, 4.69) is 52.1 Å². The average Bonchev–Trinajstić information content (AvgIpc) is 2.20. The first kappa shape index (κ1) is 13.6. The summed E-state index contributed by atoms with van der Waals surface area (Å²) in [7, 11) is 0. The highest BCUT2D eigenvalue weighted by molar-refractivity contribution is 5.71. The zero-order valence-corrected chi connectivity index (χ0v) is 11.3. The van der Waals surface area contributed by atoms with Crippen LogP contribution in [0.3, 0.4) is 0 Å². The van der Waals surface area contributed by atoms with E-state index in [0.29, 0.717) is 6.54 Å². The lowest BCUT2D eigenvalue weighted by atomic mass is 9.80. The van der Waals surface area contributed by atoms with Crippen LogP contribution >= 0.6 is 0 Å². The second kappa shape index (κ2) is 4.78. The third-order valence-corrected chi connectivity index (χ3v) is 3.27. The van der Waals surface area contributed by atoms with Crippen molar-refractivity contribution in [3.63, 3.8) is 0 Å². The highest BCUT2D eigenvalue weighted by atomic mass is 16.2. The quantitative estimate of drug-likeness (QED) is 0.829. The van der Waals surface area contributed by atoms with Crippen molar-refractivity contribution in [1.29, 1.82) is 0 Å². The van der Waals surface area contributed by atoms with E-state index in [4.69, 9.17) is 5.73 Å². The van der Waals surface area contributed by atoms with Gasteiger partial charge in [0.15, 0.2) is 0 Å². The fourth-order valence-electron chi connectivity index (χ4n) is 2.09. The molecule has 0 heterocycles. The van der Waals surface area contributed by atoms with Gasteiger partial charge in [0, 0.05) is 12.0 Å². The maximum absolute atomic E-state index is 10.8. The van der Waals surface area contributed by atoms with Crippen LogP contribution in [0.1, 0.15) is 36.1 Å². The van der Waals surface area contributed by atoms with E-state index >= 15 is 0 Å². The molecule has 3 heteroatoms. The Hall–Kier alpha value is -1.51. The molecule has 0 aromatic heterocycles. The number of hydrogen-bond donors (Lipinski definition) is 2. The van der Waals surface area contributed by atoms with Gasteiger partial charge < -0.3 is 11.1 Å².